The molecule has 0 spiro atoms. The molecule has 0 atom stereocenters. The fraction of sp³-hybridized carbons (Fsp3) is 0.500. The largest absolute Gasteiger partial charge is 0.356 e. The topological polar surface area (TPSA) is 29.1 Å². The molecule has 0 radical (unpaired) electrons. The normalized spacial score (nSPS) is 10.4. The molecule has 0 saturated carbocycles. The smallest absolute Gasteiger partial charge is 0.222 e. The first-order valence-electron chi connectivity index (χ1n) is 4.49. The van der Waals surface area contributed by atoms with E-state index < -0.39 is 0 Å². The number of nitrogens with one attached hydrogen (secondary N) is 1. The van der Waals surface area contributed by atoms with E-state index in [1.165, 1.54) is 5.56 Å². The minimum atomic E-state index is 0.0856. The van der Waals surface area contributed by atoms with Gasteiger partial charge in [-0.3, -0.25) is 4.79 Å². The first kappa shape index (κ1) is 10.3. The molecule has 2 nitrogen and oxygen atoms in total. The number of rotatable bonds is 4. The third kappa shape index (κ3) is 3.59. The van der Waals surface area contributed by atoms with E-state index in [-0.39, 0.29) is 11.8 Å². The van der Waals surface area contributed by atoms with Crippen LogP contribution >= 0.6 is 11.3 Å². The van der Waals surface area contributed by atoms with Crippen molar-refractivity contribution in [1.29, 1.82) is 0 Å². The summed E-state index contributed by atoms with van der Waals surface area (Å²) in [5.41, 5.74) is 1.30. The van der Waals surface area contributed by atoms with Gasteiger partial charge in [-0.15, -0.1) is 0 Å². The van der Waals surface area contributed by atoms with Crippen LogP contribution in [0.3, 0.4) is 0 Å². The molecule has 1 rings (SSSR count). The van der Waals surface area contributed by atoms with Gasteiger partial charge in [-0.05, 0) is 28.8 Å². The summed E-state index contributed by atoms with van der Waals surface area (Å²) in [5.74, 6) is 0.220. The quantitative estimate of drug-likeness (QED) is 0.786. The van der Waals surface area contributed by atoms with E-state index in [2.05, 4.69) is 22.1 Å². The van der Waals surface area contributed by atoms with Crippen LogP contribution in [0.2, 0.25) is 0 Å². The Labute approximate surface area is 83.0 Å². The SMILES string of the molecule is CC(C)C(=O)NCCc1ccsc1. The van der Waals surface area contributed by atoms with Crippen LogP contribution in [0.5, 0.6) is 0 Å². The summed E-state index contributed by atoms with van der Waals surface area (Å²) in [5, 5.41) is 7.05. The lowest BCUT2D eigenvalue weighted by molar-refractivity contribution is -0.123. The number of carbonyl (C=O) groups excluding carboxylic acids is 1. The van der Waals surface area contributed by atoms with Crippen LogP contribution in [-0.2, 0) is 11.2 Å². The van der Waals surface area contributed by atoms with Crippen molar-refractivity contribution in [3.8, 4) is 0 Å². The van der Waals surface area contributed by atoms with Crippen molar-refractivity contribution in [3.05, 3.63) is 22.4 Å². The van der Waals surface area contributed by atoms with Crippen molar-refractivity contribution in [1.82, 2.24) is 5.32 Å². The summed E-state index contributed by atoms with van der Waals surface area (Å²) < 4.78 is 0. The van der Waals surface area contributed by atoms with Crippen molar-refractivity contribution in [2.75, 3.05) is 6.54 Å². The second kappa shape index (κ2) is 5.02. The molecule has 1 amide bonds. The molecule has 0 unspecified atom stereocenters. The Hall–Kier alpha value is -0.830. The number of thiophene rings is 1. The van der Waals surface area contributed by atoms with Gasteiger partial charge in [-0.2, -0.15) is 11.3 Å². The van der Waals surface area contributed by atoms with Gasteiger partial charge in [0.15, 0.2) is 0 Å². The highest BCUT2D eigenvalue weighted by atomic mass is 32.1. The Balaban J connectivity index is 2.18. The standard InChI is InChI=1S/C10H15NOS/c1-8(2)10(12)11-5-3-9-4-6-13-7-9/h4,6-8H,3,5H2,1-2H3,(H,11,12). The zero-order valence-electron chi connectivity index (χ0n) is 8.04. The molecule has 3 heteroatoms. The van der Waals surface area contributed by atoms with Crippen LogP contribution in [0.25, 0.3) is 0 Å². The van der Waals surface area contributed by atoms with Crippen molar-refractivity contribution in [2.24, 2.45) is 5.92 Å². The minimum absolute atomic E-state index is 0.0856. The van der Waals surface area contributed by atoms with Gasteiger partial charge in [-0.1, -0.05) is 13.8 Å². The molecule has 1 aromatic heterocycles. The fourth-order valence-electron chi connectivity index (χ4n) is 0.969. The summed E-state index contributed by atoms with van der Waals surface area (Å²) in [6.45, 7) is 4.55. The van der Waals surface area contributed by atoms with Gasteiger partial charge in [0.25, 0.3) is 0 Å². The van der Waals surface area contributed by atoms with Crippen LogP contribution in [0, 0.1) is 5.92 Å². The summed E-state index contributed by atoms with van der Waals surface area (Å²) in [6.07, 6.45) is 0.932. The van der Waals surface area contributed by atoms with E-state index in [4.69, 9.17) is 0 Å². The minimum Gasteiger partial charge on any atom is -0.356 e. The first-order valence-corrected chi connectivity index (χ1v) is 5.43. The highest BCUT2D eigenvalue weighted by Crippen LogP contribution is 2.05. The molecule has 13 heavy (non-hydrogen) atoms. The lowest BCUT2D eigenvalue weighted by atomic mass is 10.2. The maximum absolute atomic E-state index is 11.2. The van der Waals surface area contributed by atoms with Crippen molar-refractivity contribution in [2.45, 2.75) is 20.3 Å². The van der Waals surface area contributed by atoms with Gasteiger partial charge < -0.3 is 5.32 Å². The molecule has 0 aliphatic rings. The van der Waals surface area contributed by atoms with Crippen LogP contribution in [0.15, 0.2) is 16.8 Å². The van der Waals surface area contributed by atoms with Crippen LogP contribution < -0.4 is 5.32 Å². The second-order valence-electron chi connectivity index (χ2n) is 3.33. The fourth-order valence-corrected chi connectivity index (χ4v) is 1.67. The molecule has 0 saturated heterocycles. The molecule has 72 valence electrons. The highest BCUT2D eigenvalue weighted by Gasteiger charge is 2.04. The second-order valence-corrected chi connectivity index (χ2v) is 4.11. The van der Waals surface area contributed by atoms with Gasteiger partial charge in [-0.25, -0.2) is 0 Å². The zero-order valence-corrected chi connectivity index (χ0v) is 8.86. The number of hydrogen-bond acceptors (Lipinski definition) is 2. The van der Waals surface area contributed by atoms with E-state index in [1.807, 2.05) is 13.8 Å². The number of hydrogen-bond donors (Lipinski definition) is 1. The first-order chi connectivity index (χ1) is 6.20. The molecular formula is C10H15NOS. The van der Waals surface area contributed by atoms with Crippen molar-refractivity contribution in [3.63, 3.8) is 0 Å². The maximum Gasteiger partial charge on any atom is 0.222 e. The molecule has 0 fully saturated rings. The van der Waals surface area contributed by atoms with E-state index in [1.54, 1.807) is 11.3 Å². The maximum atomic E-state index is 11.2. The number of carbonyl (C=O) groups is 1. The lowest BCUT2D eigenvalue weighted by Gasteiger charge is -2.06. The van der Waals surface area contributed by atoms with E-state index >= 15 is 0 Å². The van der Waals surface area contributed by atoms with Gasteiger partial charge >= 0.3 is 0 Å². The monoisotopic (exact) mass is 197 g/mol. The zero-order chi connectivity index (χ0) is 9.68. The molecule has 1 heterocycles. The highest BCUT2D eigenvalue weighted by molar-refractivity contribution is 7.07. The Morgan fingerprint density at radius 3 is 2.92 bits per heavy atom. The van der Waals surface area contributed by atoms with Crippen molar-refractivity contribution >= 4 is 17.2 Å². The number of amides is 1. The Morgan fingerprint density at radius 1 is 1.62 bits per heavy atom. The average molecular weight is 197 g/mol. The molecule has 0 aliphatic carbocycles. The molecule has 0 aromatic carbocycles. The summed E-state index contributed by atoms with van der Waals surface area (Å²) in [7, 11) is 0. The molecule has 0 aliphatic heterocycles. The third-order valence-electron chi connectivity index (χ3n) is 1.82. The van der Waals surface area contributed by atoms with E-state index in [0.717, 1.165) is 13.0 Å². The van der Waals surface area contributed by atoms with Crippen molar-refractivity contribution < 1.29 is 4.79 Å². The van der Waals surface area contributed by atoms with Gasteiger partial charge in [0, 0.05) is 12.5 Å². The van der Waals surface area contributed by atoms with Gasteiger partial charge in [0.2, 0.25) is 5.91 Å². The third-order valence-corrected chi connectivity index (χ3v) is 2.55. The Bertz CT molecular complexity index is 254. The Morgan fingerprint density at radius 2 is 2.38 bits per heavy atom. The summed E-state index contributed by atoms with van der Waals surface area (Å²) >= 11 is 1.69. The lowest BCUT2D eigenvalue weighted by Crippen LogP contribution is -2.29. The molecular weight excluding hydrogens is 182 g/mol. The summed E-state index contributed by atoms with van der Waals surface area (Å²) in [6, 6.07) is 2.09. The molecule has 1 N–H and O–H groups in total. The van der Waals surface area contributed by atoms with Crippen LogP contribution in [0.4, 0.5) is 0 Å². The predicted octanol–water partition coefficient (Wildman–Crippen LogP) is 2.06. The molecule has 1 aromatic rings. The van der Waals surface area contributed by atoms with Gasteiger partial charge in [0.05, 0.1) is 0 Å². The van der Waals surface area contributed by atoms with E-state index in [9.17, 15) is 4.79 Å². The van der Waals surface area contributed by atoms with Crippen LogP contribution in [-0.4, -0.2) is 12.5 Å². The summed E-state index contributed by atoms with van der Waals surface area (Å²) in [4.78, 5) is 11.2. The predicted molar refractivity (Wildman–Crippen MR) is 55.9 cm³/mol. The van der Waals surface area contributed by atoms with Crippen LogP contribution in [0.1, 0.15) is 19.4 Å². The molecule has 0 bridgehead atoms. The Kier molecular flexibility index (Phi) is 3.96. The average Bonchev–Trinajstić information content (AvgIpc) is 2.56. The van der Waals surface area contributed by atoms with E-state index in [0.29, 0.717) is 0 Å². The van der Waals surface area contributed by atoms with Gasteiger partial charge in [0.1, 0.15) is 0 Å².